The van der Waals surface area contributed by atoms with Crippen LogP contribution in [-0.4, -0.2) is 81.3 Å². The lowest BCUT2D eigenvalue weighted by atomic mass is 10.3. The molecule has 0 unspecified atom stereocenters. The fraction of sp³-hybridized carbons (Fsp3) is 0.917. The minimum atomic E-state index is -3.36. The Morgan fingerprint density at radius 1 is 1.05 bits per heavy atom. The number of likely N-dealkylation sites (tertiary alicyclic amines) is 1. The van der Waals surface area contributed by atoms with Gasteiger partial charge >= 0.3 is 0 Å². The molecule has 116 valence electrons. The van der Waals surface area contributed by atoms with Crippen molar-refractivity contribution in [2.45, 2.75) is 19.3 Å². The Kier molecular flexibility index (Phi) is 5.36. The van der Waals surface area contributed by atoms with E-state index in [1.807, 2.05) is 0 Å². The average molecular weight is 304 g/mol. The van der Waals surface area contributed by atoms with E-state index in [-0.39, 0.29) is 5.91 Å². The Balaban J connectivity index is 1.74. The highest BCUT2D eigenvalue weighted by atomic mass is 32.2. The Hall–Kier alpha value is -0.700. The summed E-state index contributed by atoms with van der Waals surface area (Å²) in [4.78, 5) is 16.2. The number of carbonyl (C=O) groups excluding carboxylic acids is 1. The van der Waals surface area contributed by atoms with E-state index >= 15 is 0 Å². The molecule has 0 aromatic rings. The minimum Gasteiger partial charge on any atom is -0.340 e. The number of hydrogen-bond donors (Lipinski definition) is 1. The zero-order valence-electron chi connectivity index (χ0n) is 12.0. The maximum absolute atomic E-state index is 12.1. The molecule has 2 aliphatic rings. The van der Waals surface area contributed by atoms with Crippen LogP contribution in [0.5, 0.6) is 0 Å². The smallest absolute Gasteiger partial charge is 0.279 e. The topological polar surface area (TPSA) is 73.0 Å². The first-order valence-corrected chi connectivity index (χ1v) is 8.65. The fourth-order valence-electron chi connectivity index (χ4n) is 2.73. The van der Waals surface area contributed by atoms with Gasteiger partial charge in [0.1, 0.15) is 0 Å². The highest BCUT2D eigenvalue weighted by Gasteiger charge is 2.27. The zero-order valence-corrected chi connectivity index (χ0v) is 12.9. The lowest BCUT2D eigenvalue weighted by Crippen LogP contribution is -2.53. The first-order valence-electron chi connectivity index (χ1n) is 7.21. The van der Waals surface area contributed by atoms with E-state index in [0.717, 1.165) is 19.6 Å². The molecule has 2 rings (SSSR count). The van der Waals surface area contributed by atoms with Crippen molar-refractivity contribution in [3.05, 3.63) is 0 Å². The van der Waals surface area contributed by atoms with Gasteiger partial charge in [-0.05, 0) is 25.9 Å². The Labute approximate surface area is 121 Å². The summed E-state index contributed by atoms with van der Waals surface area (Å²) in [5.41, 5.74) is 0. The van der Waals surface area contributed by atoms with Gasteiger partial charge in [0.25, 0.3) is 10.2 Å². The third-order valence-corrected chi connectivity index (χ3v) is 5.59. The molecule has 20 heavy (non-hydrogen) atoms. The van der Waals surface area contributed by atoms with Crippen molar-refractivity contribution in [2.24, 2.45) is 0 Å². The normalized spacial score (nSPS) is 22.4. The number of amides is 1. The number of piperazine rings is 1. The Morgan fingerprint density at radius 2 is 1.65 bits per heavy atom. The highest BCUT2D eigenvalue weighted by molar-refractivity contribution is 7.87. The maximum Gasteiger partial charge on any atom is 0.279 e. The summed E-state index contributed by atoms with van der Waals surface area (Å²) in [7, 11) is -1.95. The molecule has 1 amide bonds. The van der Waals surface area contributed by atoms with Gasteiger partial charge < -0.3 is 9.80 Å². The molecule has 0 saturated carbocycles. The first-order chi connectivity index (χ1) is 9.53. The molecule has 0 aromatic heterocycles. The van der Waals surface area contributed by atoms with Gasteiger partial charge in [0.05, 0.1) is 0 Å². The second kappa shape index (κ2) is 6.84. The molecule has 0 spiro atoms. The molecule has 2 saturated heterocycles. The van der Waals surface area contributed by atoms with Crippen molar-refractivity contribution in [1.29, 1.82) is 0 Å². The molecule has 0 radical (unpaired) electrons. The molecular formula is C12H24N4O3S. The summed E-state index contributed by atoms with van der Waals surface area (Å²) in [5, 5.41) is 0. The van der Waals surface area contributed by atoms with Gasteiger partial charge in [0.2, 0.25) is 5.91 Å². The van der Waals surface area contributed by atoms with Crippen molar-refractivity contribution < 1.29 is 13.2 Å². The summed E-state index contributed by atoms with van der Waals surface area (Å²) in [6.45, 7) is 4.74. The molecule has 0 aliphatic carbocycles. The summed E-state index contributed by atoms with van der Waals surface area (Å²) >= 11 is 0. The second-order valence-corrected chi connectivity index (χ2v) is 7.16. The first kappa shape index (κ1) is 15.7. The fourth-order valence-corrected chi connectivity index (χ4v) is 3.63. The number of hydrogen-bond acceptors (Lipinski definition) is 4. The van der Waals surface area contributed by atoms with Crippen LogP contribution in [0, 0.1) is 0 Å². The number of nitrogens with zero attached hydrogens (tertiary/aromatic N) is 3. The Bertz CT molecular complexity index is 426. The lowest BCUT2D eigenvalue weighted by molar-refractivity contribution is -0.132. The monoisotopic (exact) mass is 304 g/mol. The second-order valence-electron chi connectivity index (χ2n) is 5.29. The van der Waals surface area contributed by atoms with Gasteiger partial charge in [0, 0.05) is 46.2 Å². The average Bonchev–Trinajstić information content (AvgIpc) is 2.98. The standard InChI is InChI=1S/C12H24N4O3S/c1-13-20(18,19)16-10-8-15(9-11-16)12(17)4-7-14-5-2-3-6-14/h13H,2-11H2,1H3. The van der Waals surface area contributed by atoms with Crippen molar-refractivity contribution >= 4 is 16.1 Å². The molecule has 1 N–H and O–H groups in total. The van der Waals surface area contributed by atoms with Crippen LogP contribution in [0.3, 0.4) is 0 Å². The van der Waals surface area contributed by atoms with Crippen LogP contribution in [0.4, 0.5) is 0 Å². The number of carbonyl (C=O) groups is 1. The minimum absolute atomic E-state index is 0.137. The van der Waals surface area contributed by atoms with Crippen molar-refractivity contribution in [1.82, 2.24) is 18.8 Å². The Morgan fingerprint density at radius 3 is 2.20 bits per heavy atom. The molecule has 2 fully saturated rings. The SMILES string of the molecule is CNS(=O)(=O)N1CCN(C(=O)CCN2CCCC2)CC1. The van der Waals surface area contributed by atoms with Crippen molar-refractivity contribution in [3.63, 3.8) is 0 Å². The van der Waals surface area contributed by atoms with Gasteiger partial charge in [-0.25, -0.2) is 4.72 Å². The van der Waals surface area contributed by atoms with Crippen LogP contribution in [-0.2, 0) is 15.0 Å². The van der Waals surface area contributed by atoms with Gasteiger partial charge in [0.15, 0.2) is 0 Å². The summed E-state index contributed by atoms with van der Waals surface area (Å²) in [6.07, 6.45) is 3.00. The molecule has 0 aromatic carbocycles. The van der Waals surface area contributed by atoms with E-state index in [2.05, 4.69) is 9.62 Å². The molecular weight excluding hydrogens is 280 g/mol. The largest absolute Gasteiger partial charge is 0.340 e. The molecule has 0 bridgehead atoms. The quantitative estimate of drug-likeness (QED) is 0.713. The zero-order chi connectivity index (χ0) is 14.6. The molecule has 7 nitrogen and oxygen atoms in total. The van der Waals surface area contributed by atoms with E-state index in [9.17, 15) is 13.2 Å². The summed E-state index contributed by atoms with van der Waals surface area (Å²) < 4.78 is 27.0. The highest BCUT2D eigenvalue weighted by Crippen LogP contribution is 2.10. The summed E-state index contributed by atoms with van der Waals surface area (Å²) in [5.74, 6) is 0.137. The van der Waals surface area contributed by atoms with E-state index < -0.39 is 10.2 Å². The molecule has 0 atom stereocenters. The maximum atomic E-state index is 12.1. The van der Waals surface area contributed by atoms with E-state index in [1.165, 1.54) is 24.2 Å². The van der Waals surface area contributed by atoms with Gasteiger partial charge in [-0.15, -0.1) is 0 Å². The van der Waals surface area contributed by atoms with Crippen LogP contribution in [0.2, 0.25) is 0 Å². The van der Waals surface area contributed by atoms with Gasteiger partial charge in [-0.1, -0.05) is 0 Å². The number of rotatable bonds is 5. The van der Waals surface area contributed by atoms with Crippen LogP contribution in [0.15, 0.2) is 0 Å². The van der Waals surface area contributed by atoms with Crippen LogP contribution in [0.25, 0.3) is 0 Å². The van der Waals surface area contributed by atoms with Crippen molar-refractivity contribution in [2.75, 3.05) is 52.9 Å². The van der Waals surface area contributed by atoms with Crippen molar-refractivity contribution in [3.8, 4) is 0 Å². The summed E-state index contributed by atoms with van der Waals surface area (Å²) in [6, 6.07) is 0. The van der Waals surface area contributed by atoms with E-state index in [4.69, 9.17) is 0 Å². The predicted octanol–water partition coefficient (Wildman–Crippen LogP) is -0.919. The lowest BCUT2D eigenvalue weighted by Gasteiger charge is -2.34. The molecule has 2 aliphatic heterocycles. The number of nitrogens with one attached hydrogen (secondary N) is 1. The predicted molar refractivity (Wildman–Crippen MR) is 76.4 cm³/mol. The third-order valence-electron chi connectivity index (χ3n) is 4.03. The molecule has 8 heteroatoms. The van der Waals surface area contributed by atoms with Crippen LogP contribution >= 0.6 is 0 Å². The van der Waals surface area contributed by atoms with Crippen LogP contribution < -0.4 is 4.72 Å². The van der Waals surface area contributed by atoms with E-state index in [0.29, 0.717) is 32.6 Å². The third kappa shape index (κ3) is 3.91. The van der Waals surface area contributed by atoms with Gasteiger partial charge in [-0.2, -0.15) is 12.7 Å². The van der Waals surface area contributed by atoms with Crippen LogP contribution in [0.1, 0.15) is 19.3 Å². The van der Waals surface area contributed by atoms with E-state index in [1.54, 1.807) is 4.90 Å². The molecule has 2 heterocycles. The van der Waals surface area contributed by atoms with Gasteiger partial charge in [-0.3, -0.25) is 4.79 Å².